The van der Waals surface area contributed by atoms with E-state index in [-0.39, 0.29) is 5.92 Å². The first kappa shape index (κ1) is 16.6. The highest BCUT2D eigenvalue weighted by molar-refractivity contribution is 6.35. The minimum Gasteiger partial charge on any atom is -0.480 e. The number of carboxylic acid groups (broad SMARTS) is 1. The first-order valence-corrected chi connectivity index (χ1v) is 6.80. The van der Waals surface area contributed by atoms with E-state index in [1.165, 1.54) is 6.07 Å². The Morgan fingerprint density at radius 3 is 2.50 bits per heavy atom. The van der Waals surface area contributed by atoms with Crippen LogP contribution < -0.4 is 10.6 Å². The normalized spacial score (nSPS) is 12.1. The second-order valence-electron chi connectivity index (χ2n) is 4.74. The lowest BCUT2D eigenvalue weighted by Crippen LogP contribution is -2.43. The molecule has 0 saturated carbocycles. The molecule has 0 unspecified atom stereocenters. The molecule has 7 heteroatoms. The summed E-state index contributed by atoms with van der Waals surface area (Å²) in [5.74, 6) is -0.933. The summed E-state index contributed by atoms with van der Waals surface area (Å²) < 4.78 is 0. The molecule has 0 aliphatic carbocycles. The number of rotatable bonds is 5. The third-order valence-electron chi connectivity index (χ3n) is 2.49. The molecule has 0 spiro atoms. The predicted octanol–water partition coefficient (Wildman–Crippen LogP) is 3.61. The predicted molar refractivity (Wildman–Crippen MR) is 79.5 cm³/mol. The average molecular weight is 319 g/mol. The molecular weight excluding hydrogens is 303 g/mol. The van der Waals surface area contributed by atoms with Gasteiger partial charge in [-0.05, 0) is 30.5 Å². The van der Waals surface area contributed by atoms with Gasteiger partial charge in [0.2, 0.25) is 0 Å². The first-order chi connectivity index (χ1) is 9.29. The van der Waals surface area contributed by atoms with Crippen LogP contribution in [0.2, 0.25) is 10.0 Å². The zero-order valence-electron chi connectivity index (χ0n) is 11.1. The number of hydrogen-bond acceptors (Lipinski definition) is 2. The van der Waals surface area contributed by atoms with Crippen LogP contribution in [0, 0.1) is 5.92 Å². The highest BCUT2D eigenvalue weighted by Gasteiger charge is 2.21. The maximum absolute atomic E-state index is 11.8. The third kappa shape index (κ3) is 5.27. The van der Waals surface area contributed by atoms with Crippen molar-refractivity contribution in [1.29, 1.82) is 0 Å². The molecule has 20 heavy (non-hydrogen) atoms. The van der Waals surface area contributed by atoms with Gasteiger partial charge in [0, 0.05) is 5.02 Å². The molecule has 110 valence electrons. The van der Waals surface area contributed by atoms with Crippen molar-refractivity contribution in [1.82, 2.24) is 5.32 Å². The van der Waals surface area contributed by atoms with Crippen LogP contribution in [-0.2, 0) is 4.79 Å². The molecule has 2 amide bonds. The summed E-state index contributed by atoms with van der Waals surface area (Å²) in [7, 11) is 0. The van der Waals surface area contributed by atoms with E-state index in [4.69, 9.17) is 28.3 Å². The summed E-state index contributed by atoms with van der Waals surface area (Å²) in [5.41, 5.74) is 0.324. The number of anilines is 1. The molecule has 0 aliphatic heterocycles. The number of aliphatic carboxylic acids is 1. The standard InChI is InChI=1S/C13H16Cl2N2O3/c1-7(2)5-11(12(18)19)17-13(20)16-10-6-8(14)3-4-9(10)15/h3-4,6-7,11H,5H2,1-2H3,(H,18,19)(H2,16,17,20)/t11-/m0/s1. The van der Waals surface area contributed by atoms with Gasteiger partial charge in [0.25, 0.3) is 0 Å². The lowest BCUT2D eigenvalue weighted by Gasteiger charge is -2.17. The zero-order chi connectivity index (χ0) is 15.3. The van der Waals surface area contributed by atoms with Gasteiger partial charge in [0.1, 0.15) is 6.04 Å². The number of hydrogen-bond donors (Lipinski definition) is 3. The quantitative estimate of drug-likeness (QED) is 0.775. The molecule has 1 aromatic rings. The number of carboxylic acids is 1. The number of urea groups is 1. The van der Waals surface area contributed by atoms with Crippen LogP contribution >= 0.6 is 23.2 Å². The smallest absolute Gasteiger partial charge is 0.326 e. The number of carbonyl (C=O) groups is 2. The maximum Gasteiger partial charge on any atom is 0.326 e. The van der Waals surface area contributed by atoms with Gasteiger partial charge in [0.15, 0.2) is 0 Å². The fraction of sp³-hybridized carbons (Fsp3) is 0.385. The maximum atomic E-state index is 11.8. The molecular formula is C13H16Cl2N2O3. The number of halogens is 2. The van der Waals surface area contributed by atoms with Gasteiger partial charge in [-0.2, -0.15) is 0 Å². The van der Waals surface area contributed by atoms with Crippen molar-refractivity contribution in [2.45, 2.75) is 26.3 Å². The third-order valence-corrected chi connectivity index (χ3v) is 3.05. The fourth-order valence-corrected chi connectivity index (χ4v) is 1.94. The van der Waals surface area contributed by atoms with Crippen molar-refractivity contribution < 1.29 is 14.7 Å². The van der Waals surface area contributed by atoms with Gasteiger partial charge in [-0.25, -0.2) is 9.59 Å². The van der Waals surface area contributed by atoms with Gasteiger partial charge in [0.05, 0.1) is 10.7 Å². The number of amides is 2. The summed E-state index contributed by atoms with van der Waals surface area (Å²) in [4.78, 5) is 22.8. The van der Waals surface area contributed by atoms with Crippen LogP contribution in [-0.4, -0.2) is 23.1 Å². The Bertz CT molecular complexity index is 506. The molecule has 1 aromatic carbocycles. The van der Waals surface area contributed by atoms with Crippen LogP contribution in [0.4, 0.5) is 10.5 Å². The summed E-state index contributed by atoms with van der Waals surface area (Å²) in [6.07, 6.45) is 0.339. The summed E-state index contributed by atoms with van der Waals surface area (Å²) in [6, 6.07) is 3.03. The van der Waals surface area contributed by atoms with E-state index in [9.17, 15) is 9.59 Å². The monoisotopic (exact) mass is 318 g/mol. The van der Waals surface area contributed by atoms with Gasteiger partial charge in [-0.1, -0.05) is 37.0 Å². The molecule has 0 radical (unpaired) electrons. The lowest BCUT2D eigenvalue weighted by atomic mass is 10.0. The van der Waals surface area contributed by atoms with Crippen LogP contribution in [0.25, 0.3) is 0 Å². The second-order valence-corrected chi connectivity index (χ2v) is 5.59. The van der Waals surface area contributed by atoms with Crippen molar-refractivity contribution >= 4 is 40.9 Å². The molecule has 0 fully saturated rings. The van der Waals surface area contributed by atoms with E-state index in [0.29, 0.717) is 22.2 Å². The molecule has 0 bridgehead atoms. The summed E-state index contributed by atoms with van der Waals surface area (Å²) in [5, 5.41) is 14.7. The second kappa shape index (κ2) is 7.36. The van der Waals surface area contributed by atoms with Crippen molar-refractivity contribution in [3.8, 4) is 0 Å². The Kier molecular flexibility index (Phi) is 6.10. The van der Waals surface area contributed by atoms with Crippen molar-refractivity contribution in [3.63, 3.8) is 0 Å². The highest BCUT2D eigenvalue weighted by atomic mass is 35.5. The van der Waals surface area contributed by atoms with Gasteiger partial charge < -0.3 is 15.7 Å². The minimum absolute atomic E-state index is 0.145. The van der Waals surface area contributed by atoms with Gasteiger partial charge >= 0.3 is 12.0 Å². The SMILES string of the molecule is CC(C)C[C@H](NC(=O)Nc1cc(Cl)ccc1Cl)C(=O)O. The van der Waals surface area contributed by atoms with E-state index in [0.717, 1.165) is 0 Å². The molecule has 3 N–H and O–H groups in total. The van der Waals surface area contributed by atoms with Crippen LogP contribution in [0.5, 0.6) is 0 Å². The molecule has 1 atom stereocenters. The van der Waals surface area contributed by atoms with Crippen molar-refractivity contribution in [2.75, 3.05) is 5.32 Å². The van der Waals surface area contributed by atoms with Gasteiger partial charge in [-0.15, -0.1) is 0 Å². The van der Waals surface area contributed by atoms with E-state index in [2.05, 4.69) is 10.6 Å². The highest BCUT2D eigenvalue weighted by Crippen LogP contribution is 2.25. The average Bonchev–Trinajstić information content (AvgIpc) is 2.32. The van der Waals surface area contributed by atoms with Crippen molar-refractivity contribution in [2.24, 2.45) is 5.92 Å². The lowest BCUT2D eigenvalue weighted by molar-refractivity contribution is -0.139. The molecule has 1 rings (SSSR count). The van der Waals surface area contributed by atoms with Crippen LogP contribution in [0.15, 0.2) is 18.2 Å². The Morgan fingerprint density at radius 2 is 1.95 bits per heavy atom. The summed E-state index contributed by atoms with van der Waals surface area (Å²) >= 11 is 11.7. The molecule has 0 aromatic heterocycles. The van der Waals surface area contributed by atoms with E-state index < -0.39 is 18.0 Å². The van der Waals surface area contributed by atoms with Crippen molar-refractivity contribution in [3.05, 3.63) is 28.2 Å². The molecule has 0 saturated heterocycles. The number of nitrogens with one attached hydrogen (secondary N) is 2. The fourth-order valence-electron chi connectivity index (χ4n) is 1.60. The van der Waals surface area contributed by atoms with E-state index >= 15 is 0 Å². The molecule has 5 nitrogen and oxygen atoms in total. The van der Waals surface area contributed by atoms with Gasteiger partial charge in [-0.3, -0.25) is 0 Å². The summed E-state index contributed by atoms with van der Waals surface area (Å²) in [6.45, 7) is 3.76. The van der Waals surface area contributed by atoms with Crippen LogP contribution in [0.3, 0.4) is 0 Å². The number of benzene rings is 1. The number of carbonyl (C=O) groups excluding carboxylic acids is 1. The topological polar surface area (TPSA) is 78.4 Å². The Morgan fingerprint density at radius 1 is 1.30 bits per heavy atom. The molecule has 0 heterocycles. The van der Waals surface area contributed by atoms with E-state index in [1.54, 1.807) is 12.1 Å². The zero-order valence-corrected chi connectivity index (χ0v) is 12.6. The Labute approximate surface area is 127 Å². The van der Waals surface area contributed by atoms with E-state index in [1.807, 2.05) is 13.8 Å². The Balaban J connectivity index is 2.70. The van der Waals surface area contributed by atoms with Crippen LogP contribution in [0.1, 0.15) is 20.3 Å². The Hall–Kier alpha value is -1.46. The first-order valence-electron chi connectivity index (χ1n) is 6.05. The largest absolute Gasteiger partial charge is 0.480 e. The molecule has 0 aliphatic rings. The minimum atomic E-state index is -1.08.